The van der Waals surface area contributed by atoms with Crippen molar-refractivity contribution in [2.24, 2.45) is 5.73 Å². The van der Waals surface area contributed by atoms with Gasteiger partial charge in [0.05, 0.1) is 10.5 Å². The van der Waals surface area contributed by atoms with Crippen molar-refractivity contribution in [1.29, 1.82) is 0 Å². The van der Waals surface area contributed by atoms with Gasteiger partial charge in [-0.2, -0.15) is 0 Å². The first-order chi connectivity index (χ1) is 12.3. The number of nitrogens with one attached hydrogen (secondary N) is 1. The van der Waals surface area contributed by atoms with Gasteiger partial charge in [0, 0.05) is 34.7 Å². The lowest BCUT2D eigenvalue weighted by atomic mass is 9.87. The highest BCUT2D eigenvalue weighted by atomic mass is 35.5. The minimum atomic E-state index is -0.423. The molecule has 0 amide bonds. The van der Waals surface area contributed by atoms with Crippen LogP contribution in [0.3, 0.4) is 0 Å². The molecule has 3 aromatic rings. The van der Waals surface area contributed by atoms with E-state index in [0.717, 1.165) is 22.0 Å². The van der Waals surface area contributed by atoms with E-state index in [2.05, 4.69) is 10.3 Å². The first kappa shape index (κ1) is 19.1. The molecule has 0 saturated heterocycles. The van der Waals surface area contributed by atoms with E-state index in [4.69, 9.17) is 28.9 Å². The van der Waals surface area contributed by atoms with Gasteiger partial charge in [-0.15, -0.1) is 0 Å². The van der Waals surface area contributed by atoms with Crippen molar-refractivity contribution in [3.63, 3.8) is 0 Å². The fraction of sp³-hybridized carbons (Fsp3) is 0.250. The molecule has 26 heavy (non-hydrogen) atoms. The molecule has 3 N–H and O–H groups in total. The number of nitrogens with two attached hydrogens (primary N) is 1. The number of benzene rings is 2. The second-order valence-corrected chi connectivity index (χ2v) is 7.71. The predicted octanol–water partition coefficient (Wildman–Crippen LogP) is 5.25. The van der Waals surface area contributed by atoms with Gasteiger partial charge in [0.2, 0.25) is 0 Å². The number of fused-ring (bicyclic) bond motifs is 1. The van der Waals surface area contributed by atoms with Crippen molar-refractivity contribution < 1.29 is 4.39 Å². The molecule has 2 aromatic carbocycles. The maximum atomic E-state index is 13.3. The Morgan fingerprint density at radius 1 is 1.15 bits per heavy atom. The summed E-state index contributed by atoms with van der Waals surface area (Å²) in [5, 5.41) is 5.17. The zero-order chi connectivity index (χ0) is 18.9. The highest BCUT2D eigenvalue weighted by molar-refractivity contribution is 6.31. The highest BCUT2D eigenvalue weighted by Gasteiger charge is 2.28. The number of hydrogen-bond acceptors (Lipinski definition) is 3. The zero-order valence-corrected chi connectivity index (χ0v) is 16.1. The van der Waals surface area contributed by atoms with Crippen LogP contribution in [0.1, 0.15) is 31.0 Å². The van der Waals surface area contributed by atoms with E-state index in [1.165, 1.54) is 6.07 Å². The van der Waals surface area contributed by atoms with Crippen LogP contribution < -0.4 is 11.1 Å². The molecule has 1 aromatic heterocycles. The van der Waals surface area contributed by atoms with Crippen LogP contribution in [-0.2, 0) is 6.54 Å². The molecule has 0 fully saturated rings. The van der Waals surface area contributed by atoms with Crippen molar-refractivity contribution in [2.75, 3.05) is 0 Å². The average molecular weight is 392 g/mol. The van der Waals surface area contributed by atoms with Crippen LogP contribution in [0.5, 0.6) is 0 Å². The third kappa shape index (κ3) is 3.99. The lowest BCUT2D eigenvalue weighted by molar-refractivity contribution is 0.322. The van der Waals surface area contributed by atoms with Gasteiger partial charge < -0.3 is 11.1 Å². The fourth-order valence-corrected chi connectivity index (χ4v) is 3.26. The van der Waals surface area contributed by atoms with E-state index >= 15 is 0 Å². The van der Waals surface area contributed by atoms with Crippen LogP contribution in [-0.4, -0.2) is 10.5 Å². The van der Waals surface area contributed by atoms with E-state index in [1.807, 2.05) is 38.1 Å². The molecule has 0 spiro atoms. The number of pyridine rings is 1. The second kappa shape index (κ2) is 7.49. The van der Waals surface area contributed by atoms with Gasteiger partial charge in [-0.05, 0) is 55.3 Å². The lowest BCUT2D eigenvalue weighted by Crippen LogP contribution is -2.48. The molecule has 1 unspecified atom stereocenters. The molecule has 0 aliphatic rings. The Hall–Kier alpha value is -1.72. The summed E-state index contributed by atoms with van der Waals surface area (Å²) in [6.07, 6.45) is 1.74. The molecule has 3 rings (SSSR count). The predicted molar refractivity (Wildman–Crippen MR) is 106 cm³/mol. The van der Waals surface area contributed by atoms with Crippen LogP contribution in [0.4, 0.5) is 4.39 Å². The van der Waals surface area contributed by atoms with Gasteiger partial charge in [0.15, 0.2) is 0 Å². The minimum absolute atomic E-state index is 0.114. The molecule has 0 aliphatic carbocycles. The third-order valence-electron chi connectivity index (χ3n) is 4.58. The molecule has 0 bridgehead atoms. The number of aromatic nitrogens is 1. The van der Waals surface area contributed by atoms with Crippen molar-refractivity contribution in [1.82, 2.24) is 10.3 Å². The van der Waals surface area contributed by atoms with Crippen LogP contribution in [0, 0.1) is 5.82 Å². The SMILES string of the molecule is CC(C)(NCc1ccc(F)c(Cl)c1)C(N)c1ccnc2cc(Cl)ccc12. The summed E-state index contributed by atoms with van der Waals surface area (Å²) in [5.74, 6) is -0.423. The van der Waals surface area contributed by atoms with E-state index in [9.17, 15) is 4.39 Å². The Labute approximate surface area is 162 Å². The topological polar surface area (TPSA) is 50.9 Å². The summed E-state index contributed by atoms with van der Waals surface area (Å²) in [7, 11) is 0. The third-order valence-corrected chi connectivity index (χ3v) is 5.11. The normalized spacial score (nSPS) is 13.2. The quantitative estimate of drug-likeness (QED) is 0.624. The van der Waals surface area contributed by atoms with E-state index in [0.29, 0.717) is 11.6 Å². The molecule has 0 aliphatic heterocycles. The summed E-state index contributed by atoms with van der Waals surface area (Å²) < 4.78 is 13.3. The smallest absolute Gasteiger partial charge is 0.141 e. The Kier molecular flexibility index (Phi) is 5.49. The molecule has 6 heteroatoms. The monoisotopic (exact) mass is 391 g/mol. The van der Waals surface area contributed by atoms with E-state index in [-0.39, 0.29) is 11.1 Å². The average Bonchev–Trinajstić information content (AvgIpc) is 2.61. The summed E-state index contributed by atoms with van der Waals surface area (Å²) in [6, 6.07) is 11.9. The Balaban J connectivity index is 1.83. The van der Waals surface area contributed by atoms with Gasteiger partial charge in [-0.1, -0.05) is 35.3 Å². The minimum Gasteiger partial charge on any atom is -0.322 e. The molecule has 3 nitrogen and oxygen atoms in total. The maximum Gasteiger partial charge on any atom is 0.141 e. The fourth-order valence-electron chi connectivity index (χ4n) is 2.89. The van der Waals surface area contributed by atoms with Crippen molar-refractivity contribution >= 4 is 34.1 Å². The molecular weight excluding hydrogens is 372 g/mol. The second-order valence-electron chi connectivity index (χ2n) is 6.86. The lowest BCUT2D eigenvalue weighted by Gasteiger charge is -2.34. The summed E-state index contributed by atoms with van der Waals surface area (Å²) in [6.45, 7) is 4.59. The Morgan fingerprint density at radius 2 is 1.92 bits per heavy atom. The molecule has 1 atom stereocenters. The molecule has 0 saturated carbocycles. The summed E-state index contributed by atoms with van der Waals surface area (Å²) >= 11 is 11.9. The van der Waals surface area contributed by atoms with Gasteiger partial charge in [0.25, 0.3) is 0 Å². The van der Waals surface area contributed by atoms with Gasteiger partial charge in [0.1, 0.15) is 5.82 Å². The number of halogens is 3. The van der Waals surface area contributed by atoms with Gasteiger partial charge >= 0.3 is 0 Å². The first-order valence-electron chi connectivity index (χ1n) is 8.26. The number of nitrogens with zero attached hydrogens (tertiary/aromatic N) is 1. The number of hydrogen-bond donors (Lipinski definition) is 2. The van der Waals surface area contributed by atoms with Crippen LogP contribution in [0.2, 0.25) is 10.0 Å². The van der Waals surface area contributed by atoms with Crippen LogP contribution >= 0.6 is 23.2 Å². The summed E-state index contributed by atoms with van der Waals surface area (Å²) in [5.41, 5.74) is 8.85. The van der Waals surface area contributed by atoms with Crippen molar-refractivity contribution in [3.05, 3.63) is 75.7 Å². The Morgan fingerprint density at radius 3 is 2.65 bits per heavy atom. The largest absolute Gasteiger partial charge is 0.322 e. The zero-order valence-electron chi connectivity index (χ0n) is 14.6. The van der Waals surface area contributed by atoms with Crippen LogP contribution in [0.25, 0.3) is 10.9 Å². The first-order valence-corrected chi connectivity index (χ1v) is 9.02. The Bertz CT molecular complexity index is 943. The molecule has 0 radical (unpaired) electrons. The van der Waals surface area contributed by atoms with Crippen molar-refractivity contribution in [3.8, 4) is 0 Å². The number of rotatable bonds is 5. The maximum absolute atomic E-state index is 13.3. The van der Waals surface area contributed by atoms with E-state index < -0.39 is 11.4 Å². The summed E-state index contributed by atoms with van der Waals surface area (Å²) in [4.78, 5) is 4.37. The molecule has 136 valence electrons. The van der Waals surface area contributed by atoms with Gasteiger partial charge in [-0.25, -0.2) is 4.39 Å². The van der Waals surface area contributed by atoms with Crippen LogP contribution in [0.15, 0.2) is 48.7 Å². The van der Waals surface area contributed by atoms with Crippen molar-refractivity contribution in [2.45, 2.75) is 32.0 Å². The molecular formula is C20H20Cl2FN3. The molecule has 1 heterocycles. The standard InChI is InChI=1S/C20H20Cl2FN3/c1-20(2,26-11-12-3-6-17(23)16(22)9-12)19(24)15-7-8-25-18-10-13(21)4-5-14(15)18/h3-10,19,26H,11,24H2,1-2H3. The highest BCUT2D eigenvalue weighted by Crippen LogP contribution is 2.30. The van der Waals surface area contributed by atoms with Gasteiger partial charge in [-0.3, -0.25) is 4.98 Å². The van der Waals surface area contributed by atoms with E-state index in [1.54, 1.807) is 18.3 Å².